The largest absolute Gasteiger partial charge is 0.372 e. The Balaban J connectivity index is 1.77. The van der Waals surface area contributed by atoms with E-state index in [2.05, 4.69) is 5.32 Å². The summed E-state index contributed by atoms with van der Waals surface area (Å²) in [5.41, 5.74) is 1.17. The first-order valence-electron chi connectivity index (χ1n) is 5.22. The van der Waals surface area contributed by atoms with Crippen LogP contribution < -0.4 is 5.32 Å². The Morgan fingerprint density at radius 3 is 2.87 bits per heavy atom. The zero-order valence-corrected chi connectivity index (χ0v) is 8.56. The molecule has 1 N–H and O–H groups in total. The van der Waals surface area contributed by atoms with Crippen LogP contribution in [0.15, 0.2) is 30.3 Å². The summed E-state index contributed by atoms with van der Waals surface area (Å²) in [6.45, 7) is 1.40. The fraction of sp³-hybridized carbons (Fsp3) is 0.417. The second-order valence-corrected chi connectivity index (χ2v) is 3.81. The van der Waals surface area contributed by atoms with Gasteiger partial charge in [-0.25, -0.2) is 0 Å². The number of rotatable bonds is 4. The van der Waals surface area contributed by atoms with Gasteiger partial charge in [-0.3, -0.25) is 0 Å². The third-order valence-corrected chi connectivity index (χ3v) is 2.62. The molecule has 2 atom stereocenters. The summed E-state index contributed by atoms with van der Waals surface area (Å²) < 4.78 is 5.70. The summed E-state index contributed by atoms with van der Waals surface area (Å²) >= 11 is 0. The quantitative estimate of drug-likeness (QED) is 0.749. The minimum Gasteiger partial charge on any atom is -0.372 e. The molecule has 0 radical (unpaired) electrons. The Morgan fingerprint density at radius 1 is 1.40 bits per heavy atom. The van der Waals surface area contributed by atoms with Gasteiger partial charge in [0.25, 0.3) is 0 Å². The van der Waals surface area contributed by atoms with E-state index in [4.69, 9.17) is 4.74 Å². The van der Waals surface area contributed by atoms with E-state index in [1.165, 1.54) is 5.56 Å². The zero-order chi connectivity index (χ0) is 10.5. The Labute approximate surface area is 89.4 Å². The molecule has 2 rings (SSSR count). The van der Waals surface area contributed by atoms with Gasteiger partial charge in [0.15, 0.2) is 0 Å². The molecule has 0 amide bonds. The van der Waals surface area contributed by atoms with Crippen LogP contribution in [0.4, 0.5) is 0 Å². The van der Waals surface area contributed by atoms with E-state index in [0.717, 1.165) is 19.3 Å². The van der Waals surface area contributed by atoms with Gasteiger partial charge in [0, 0.05) is 6.54 Å². The molecule has 3 nitrogen and oxygen atoms in total. The van der Waals surface area contributed by atoms with Gasteiger partial charge in [-0.2, -0.15) is 0 Å². The first-order chi connectivity index (χ1) is 7.38. The average molecular weight is 205 g/mol. The molecule has 0 aromatic heterocycles. The lowest BCUT2D eigenvalue weighted by atomic mass is 10.2. The fourth-order valence-corrected chi connectivity index (χ4v) is 1.75. The highest BCUT2D eigenvalue weighted by atomic mass is 16.5. The van der Waals surface area contributed by atoms with E-state index >= 15 is 0 Å². The van der Waals surface area contributed by atoms with E-state index < -0.39 is 0 Å². The summed E-state index contributed by atoms with van der Waals surface area (Å²) in [6.07, 6.45) is 1.91. The molecular formula is C12H15NO2. The molecule has 1 heterocycles. The minimum absolute atomic E-state index is 0.0224. The fourth-order valence-electron chi connectivity index (χ4n) is 1.75. The lowest BCUT2D eigenvalue weighted by Crippen LogP contribution is -2.22. The summed E-state index contributed by atoms with van der Waals surface area (Å²) in [6, 6.07) is 10.0. The number of hydrogen-bond donors (Lipinski definition) is 1. The van der Waals surface area contributed by atoms with Crippen molar-refractivity contribution in [3.8, 4) is 0 Å². The molecule has 0 spiro atoms. The van der Waals surface area contributed by atoms with Crippen LogP contribution in [-0.4, -0.2) is 25.0 Å². The van der Waals surface area contributed by atoms with Gasteiger partial charge in [0.05, 0.1) is 18.8 Å². The SMILES string of the molecule is O=CC1CC(OCc2ccccc2)CN1. The van der Waals surface area contributed by atoms with E-state index in [1.54, 1.807) is 0 Å². The average Bonchev–Trinajstić information content (AvgIpc) is 2.76. The highest BCUT2D eigenvalue weighted by Gasteiger charge is 2.23. The topological polar surface area (TPSA) is 38.3 Å². The standard InChI is InChI=1S/C12H15NO2/c14-8-11-6-12(7-13-11)15-9-10-4-2-1-3-5-10/h1-5,8,11-13H,6-7,9H2. The van der Waals surface area contributed by atoms with Crippen molar-refractivity contribution in [1.29, 1.82) is 0 Å². The maximum Gasteiger partial charge on any atom is 0.136 e. The molecule has 1 aliphatic heterocycles. The molecule has 80 valence electrons. The molecule has 1 aromatic rings. The van der Waals surface area contributed by atoms with Crippen molar-refractivity contribution in [2.24, 2.45) is 0 Å². The second-order valence-electron chi connectivity index (χ2n) is 3.81. The van der Waals surface area contributed by atoms with Gasteiger partial charge in [-0.1, -0.05) is 30.3 Å². The summed E-state index contributed by atoms with van der Waals surface area (Å²) in [4.78, 5) is 10.5. The lowest BCUT2D eigenvalue weighted by Gasteiger charge is -2.10. The molecule has 3 heteroatoms. The highest BCUT2D eigenvalue weighted by molar-refractivity contribution is 5.58. The molecule has 0 bridgehead atoms. The van der Waals surface area contributed by atoms with Crippen molar-refractivity contribution in [2.45, 2.75) is 25.2 Å². The van der Waals surface area contributed by atoms with E-state index in [0.29, 0.717) is 6.61 Å². The second kappa shape index (κ2) is 5.05. The van der Waals surface area contributed by atoms with E-state index in [9.17, 15) is 4.79 Å². The van der Waals surface area contributed by atoms with Crippen molar-refractivity contribution in [2.75, 3.05) is 6.54 Å². The van der Waals surface area contributed by atoms with Crippen LogP contribution in [0.2, 0.25) is 0 Å². The van der Waals surface area contributed by atoms with Crippen LogP contribution in [0.5, 0.6) is 0 Å². The molecule has 1 aromatic carbocycles. The third-order valence-electron chi connectivity index (χ3n) is 2.62. The molecule has 2 unspecified atom stereocenters. The van der Waals surface area contributed by atoms with Crippen LogP contribution in [0.25, 0.3) is 0 Å². The minimum atomic E-state index is -0.0224. The predicted octanol–water partition coefficient (Wildman–Crippen LogP) is 1.13. The maximum atomic E-state index is 10.5. The van der Waals surface area contributed by atoms with Crippen LogP contribution in [0.1, 0.15) is 12.0 Å². The molecule has 15 heavy (non-hydrogen) atoms. The van der Waals surface area contributed by atoms with Gasteiger partial charge >= 0.3 is 0 Å². The summed E-state index contributed by atoms with van der Waals surface area (Å²) in [5, 5.41) is 3.10. The van der Waals surface area contributed by atoms with Crippen molar-refractivity contribution < 1.29 is 9.53 Å². The normalized spacial score (nSPS) is 25.3. The van der Waals surface area contributed by atoms with Crippen molar-refractivity contribution in [1.82, 2.24) is 5.32 Å². The number of carbonyl (C=O) groups excluding carboxylic acids is 1. The zero-order valence-electron chi connectivity index (χ0n) is 8.56. The van der Waals surface area contributed by atoms with Crippen molar-refractivity contribution >= 4 is 6.29 Å². The van der Waals surface area contributed by atoms with E-state index in [1.807, 2.05) is 30.3 Å². The molecule has 1 aliphatic rings. The Morgan fingerprint density at radius 2 is 2.20 bits per heavy atom. The van der Waals surface area contributed by atoms with Crippen LogP contribution in [-0.2, 0) is 16.1 Å². The number of carbonyl (C=O) groups is 1. The van der Waals surface area contributed by atoms with Crippen molar-refractivity contribution in [3.63, 3.8) is 0 Å². The first-order valence-corrected chi connectivity index (χ1v) is 5.22. The number of nitrogens with one attached hydrogen (secondary N) is 1. The molecule has 0 saturated carbocycles. The predicted molar refractivity (Wildman–Crippen MR) is 57.5 cm³/mol. The molecule has 1 saturated heterocycles. The van der Waals surface area contributed by atoms with Gasteiger partial charge in [-0.05, 0) is 12.0 Å². The Kier molecular flexibility index (Phi) is 3.48. The van der Waals surface area contributed by atoms with Crippen LogP contribution >= 0.6 is 0 Å². The first kappa shape index (κ1) is 10.3. The third kappa shape index (κ3) is 2.88. The molecule has 1 fully saturated rings. The van der Waals surface area contributed by atoms with Gasteiger partial charge in [0.1, 0.15) is 6.29 Å². The van der Waals surface area contributed by atoms with Gasteiger partial charge in [0.2, 0.25) is 0 Å². The molecular weight excluding hydrogens is 190 g/mol. The lowest BCUT2D eigenvalue weighted by molar-refractivity contribution is -0.109. The maximum absolute atomic E-state index is 10.5. The number of benzene rings is 1. The summed E-state index contributed by atoms with van der Waals surface area (Å²) in [5.74, 6) is 0. The number of hydrogen-bond acceptors (Lipinski definition) is 3. The highest BCUT2D eigenvalue weighted by Crippen LogP contribution is 2.11. The Hall–Kier alpha value is -1.19. The van der Waals surface area contributed by atoms with Crippen LogP contribution in [0, 0.1) is 0 Å². The van der Waals surface area contributed by atoms with Crippen molar-refractivity contribution in [3.05, 3.63) is 35.9 Å². The number of aldehydes is 1. The Bertz CT molecular complexity index is 313. The summed E-state index contributed by atoms with van der Waals surface area (Å²) in [7, 11) is 0. The van der Waals surface area contributed by atoms with Gasteiger partial charge < -0.3 is 14.8 Å². The smallest absolute Gasteiger partial charge is 0.136 e. The van der Waals surface area contributed by atoms with Crippen LogP contribution in [0.3, 0.4) is 0 Å². The van der Waals surface area contributed by atoms with Gasteiger partial charge in [-0.15, -0.1) is 0 Å². The van der Waals surface area contributed by atoms with E-state index in [-0.39, 0.29) is 12.1 Å². The monoisotopic (exact) mass is 205 g/mol. The number of ether oxygens (including phenoxy) is 1. The molecule has 0 aliphatic carbocycles.